The molecule has 4 heteroatoms. The zero-order valence-corrected chi connectivity index (χ0v) is 11.5. The Morgan fingerprint density at radius 3 is 2.67 bits per heavy atom. The van der Waals surface area contributed by atoms with Gasteiger partial charge >= 0.3 is 0 Å². The number of benzene rings is 2. The number of nitrogens with zero attached hydrogens (tertiary/aromatic N) is 1. The normalized spacial score (nSPS) is 12.3. The zero-order valence-electron chi connectivity index (χ0n) is 11.5. The van der Waals surface area contributed by atoms with Crippen LogP contribution in [0, 0.1) is 5.82 Å². The third-order valence-corrected chi connectivity index (χ3v) is 3.50. The monoisotopic (exact) mass is 283 g/mol. The predicted octanol–water partition coefficient (Wildman–Crippen LogP) is 3.46. The van der Waals surface area contributed by atoms with Gasteiger partial charge in [0.25, 0.3) is 0 Å². The first-order valence-corrected chi connectivity index (χ1v) is 6.55. The van der Waals surface area contributed by atoms with Gasteiger partial charge in [0.15, 0.2) is 11.6 Å². The van der Waals surface area contributed by atoms with Gasteiger partial charge in [-0.2, -0.15) is 0 Å². The lowest BCUT2D eigenvalue weighted by Crippen LogP contribution is -2.05. The predicted molar refractivity (Wildman–Crippen MR) is 78.8 cm³/mol. The SMILES string of the molecule is COc1cccc(C(O)c2cncc3ccccc23)c1F. The molecule has 1 aromatic heterocycles. The van der Waals surface area contributed by atoms with Gasteiger partial charge in [0.05, 0.1) is 7.11 Å². The molecule has 0 aliphatic carbocycles. The molecule has 0 amide bonds. The van der Waals surface area contributed by atoms with Crippen molar-refractivity contribution >= 4 is 10.8 Å². The van der Waals surface area contributed by atoms with E-state index in [0.717, 1.165) is 10.8 Å². The second-order valence-electron chi connectivity index (χ2n) is 4.72. The van der Waals surface area contributed by atoms with Crippen LogP contribution in [0.2, 0.25) is 0 Å². The Balaban J connectivity index is 2.15. The molecule has 0 aliphatic rings. The summed E-state index contributed by atoms with van der Waals surface area (Å²) >= 11 is 0. The average Bonchev–Trinajstić information content (AvgIpc) is 2.54. The first kappa shape index (κ1) is 13.5. The maximum Gasteiger partial charge on any atom is 0.171 e. The average molecular weight is 283 g/mol. The van der Waals surface area contributed by atoms with Crippen LogP contribution in [0.15, 0.2) is 54.9 Å². The lowest BCUT2D eigenvalue weighted by Gasteiger charge is -2.15. The van der Waals surface area contributed by atoms with Crippen LogP contribution in [0.4, 0.5) is 4.39 Å². The number of halogens is 1. The van der Waals surface area contributed by atoms with Gasteiger partial charge in [0.1, 0.15) is 6.10 Å². The first-order valence-electron chi connectivity index (χ1n) is 6.55. The fourth-order valence-electron chi connectivity index (χ4n) is 2.42. The van der Waals surface area contributed by atoms with Crippen LogP contribution in [0.1, 0.15) is 17.2 Å². The van der Waals surface area contributed by atoms with Crippen LogP contribution in [0.25, 0.3) is 10.8 Å². The number of aromatic nitrogens is 1. The molecule has 0 fully saturated rings. The van der Waals surface area contributed by atoms with Crippen LogP contribution >= 0.6 is 0 Å². The summed E-state index contributed by atoms with van der Waals surface area (Å²) in [4.78, 5) is 4.12. The number of fused-ring (bicyclic) bond motifs is 1. The number of hydrogen-bond donors (Lipinski definition) is 1. The standard InChI is InChI=1S/C17H14FNO2/c1-21-15-8-4-7-13(16(15)18)17(20)14-10-19-9-11-5-2-3-6-12(11)14/h2-10,17,20H,1H3. The van der Waals surface area contributed by atoms with Crippen molar-refractivity contribution in [3.05, 3.63) is 71.8 Å². The Kier molecular flexibility index (Phi) is 3.54. The minimum absolute atomic E-state index is 0.111. The Labute approximate surface area is 121 Å². The molecule has 3 nitrogen and oxygen atoms in total. The van der Waals surface area contributed by atoms with Crippen molar-refractivity contribution in [1.82, 2.24) is 4.98 Å². The lowest BCUT2D eigenvalue weighted by atomic mass is 9.97. The molecule has 1 N–H and O–H groups in total. The Bertz CT molecular complexity index is 783. The second kappa shape index (κ2) is 5.50. The molecule has 0 saturated carbocycles. The van der Waals surface area contributed by atoms with Gasteiger partial charge < -0.3 is 9.84 Å². The van der Waals surface area contributed by atoms with E-state index in [1.165, 1.54) is 13.2 Å². The van der Waals surface area contributed by atoms with E-state index in [-0.39, 0.29) is 11.3 Å². The molecule has 106 valence electrons. The minimum Gasteiger partial charge on any atom is -0.494 e. The fraction of sp³-hybridized carbons (Fsp3) is 0.118. The molecule has 0 aliphatic heterocycles. The van der Waals surface area contributed by atoms with Gasteiger partial charge in [-0.25, -0.2) is 4.39 Å². The highest BCUT2D eigenvalue weighted by molar-refractivity contribution is 5.85. The van der Waals surface area contributed by atoms with E-state index in [0.29, 0.717) is 5.56 Å². The van der Waals surface area contributed by atoms with E-state index in [1.54, 1.807) is 24.5 Å². The van der Waals surface area contributed by atoms with Crippen LogP contribution < -0.4 is 4.74 Å². The van der Waals surface area contributed by atoms with E-state index in [2.05, 4.69) is 4.98 Å². The molecule has 1 unspecified atom stereocenters. The topological polar surface area (TPSA) is 42.4 Å². The van der Waals surface area contributed by atoms with Crippen molar-refractivity contribution in [1.29, 1.82) is 0 Å². The molecule has 0 saturated heterocycles. The third kappa shape index (κ3) is 2.34. The maximum atomic E-state index is 14.3. The zero-order chi connectivity index (χ0) is 14.8. The van der Waals surface area contributed by atoms with Gasteiger partial charge in [0.2, 0.25) is 0 Å². The highest BCUT2D eigenvalue weighted by Crippen LogP contribution is 2.32. The van der Waals surface area contributed by atoms with Gasteiger partial charge in [-0.1, -0.05) is 36.4 Å². The summed E-state index contributed by atoms with van der Waals surface area (Å²) in [5, 5.41) is 12.3. The first-order chi connectivity index (χ1) is 10.2. The third-order valence-electron chi connectivity index (χ3n) is 3.50. The summed E-state index contributed by atoms with van der Waals surface area (Å²) in [5.41, 5.74) is 0.743. The molecule has 21 heavy (non-hydrogen) atoms. The lowest BCUT2D eigenvalue weighted by molar-refractivity contribution is 0.214. The quantitative estimate of drug-likeness (QED) is 0.800. The highest BCUT2D eigenvalue weighted by Gasteiger charge is 2.19. The Morgan fingerprint density at radius 2 is 1.86 bits per heavy atom. The molecule has 0 spiro atoms. The largest absolute Gasteiger partial charge is 0.494 e. The van der Waals surface area contributed by atoms with E-state index >= 15 is 0 Å². The van der Waals surface area contributed by atoms with Crippen LogP contribution in [0.5, 0.6) is 5.75 Å². The summed E-state index contributed by atoms with van der Waals surface area (Å²) < 4.78 is 19.3. The smallest absolute Gasteiger partial charge is 0.171 e. The maximum absolute atomic E-state index is 14.3. The van der Waals surface area contributed by atoms with Crippen molar-refractivity contribution in [2.24, 2.45) is 0 Å². The molecule has 1 heterocycles. The van der Waals surface area contributed by atoms with Crippen molar-refractivity contribution < 1.29 is 14.2 Å². The molecule has 3 aromatic rings. The molecule has 0 radical (unpaired) electrons. The van der Waals surface area contributed by atoms with E-state index in [9.17, 15) is 9.50 Å². The summed E-state index contributed by atoms with van der Waals surface area (Å²) in [7, 11) is 1.40. The van der Waals surface area contributed by atoms with Gasteiger partial charge in [0, 0.05) is 28.9 Å². The summed E-state index contributed by atoms with van der Waals surface area (Å²) in [6.45, 7) is 0. The van der Waals surface area contributed by atoms with Crippen molar-refractivity contribution in [3.8, 4) is 5.75 Å². The van der Waals surface area contributed by atoms with Crippen LogP contribution in [0.3, 0.4) is 0 Å². The van der Waals surface area contributed by atoms with Gasteiger partial charge in [-0.05, 0) is 11.5 Å². The number of methoxy groups -OCH3 is 1. The van der Waals surface area contributed by atoms with Crippen LogP contribution in [-0.2, 0) is 0 Å². The second-order valence-corrected chi connectivity index (χ2v) is 4.72. The number of pyridine rings is 1. The summed E-state index contributed by atoms with van der Waals surface area (Å²) in [6, 6.07) is 12.3. The minimum atomic E-state index is -1.10. The number of aliphatic hydroxyl groups is 1. The number of ether oxygens (including phenoxy) is 1. The molecule has 0 bridgehead atoms. The molecule has 1 atom stereocenters. The molecular formula is C17H14FNO2. The summed E-state index contributed by atoms with van der Waals surface area (Å²) in [5.74, 6) is -0.444. The molecule has 3 rings (SSSR count). The summed E-state index contributed by atoms with van der Waals surface area (Å²) in [6.07, 6.45) is 2.18. The van der Waals surface area contributed by atoms with Crippen LogP contribution in [-0.4, -0.2) is 17.2 Å². The van der Waals surface area contributed by atoms with Crippen molar-refractivity contribution in [2.75, 3.05) is 7.11 Å². The van der Waals surface area contributed by atoms with E-state index < -0.39 is 11.9 Å². The number of hydrogen-bond acceptors (Lipinski definition) is 3. The number of rotatable bonds is 3. The van der Waals surface area contributed by atoms with Gasteiger partial charge in [-0.15, -0.1) is 0 Å². The fourth-order valence-corrected chi connectivity index (χ4v) is 2.42. The Morgan fingerprint density at radius 1 is 1.05 bits per heavy atom. The Hall–Kier alpha value is -2.46. The molecule has 2 aromatic carbocycles. The van der Waals surface area contributed by atoms with E-state index in [4.69, 9.17) is 4.74 Å². The van der Waals surface area contributed by atoms with Crippen molar-refractivity contribution in [2.45, 2.75) is 6.10 Å². The van der Waals surface area contributed by atoms with Gasteiger partial charge in [-0.3, -0.25) is 4.98 Å². The van der Waals surface area contributed by atoms with Crippen molar-refractivity contribution in [3.63, 3.8) is 0 Å². The molecular weight excluding hydrogens is 269 g/mol. The number of aliphatic hydroxyl groups excluding tert-OH is 1. The highest BCUT2D eigenvalue weighted by atomic mass is 19.1. The van der Waals surface area contributed by atoms with E-state index in [1.807, 2.05) is 24.3 Å².